The average molecular weight is 615 g/mol. The molecule has 7 atom stereocenters. The van der Waals surface area contributed by atoms with Gasteiger partial charge in [-0.15, -0.1) is 0 Å². The highest BCUT2D eigenvalue weighted by atomic mass is 32.2. The predicted octanol–water partition coefficient (Wildman–Crippen LogP) is 11.8. The van der Waals surface area contributed by atoms with E-state index in [0.717, 1.165) is 64.2 Å². The van der Waals surface area contributed by atoms with Gasteiger partial charge in [0, 0.05) is 24.0 Å². The molecule has 0 spiro atoms. The molecule has 0 aromatic rings. The molecule has 2 fully saturated rings. The van der Waals surface area contributed by atoms with Crippen molar-refractivity contribution in [3.05, 3.63) is 23.5 Å². The quantitative estimate of drug-likeness (QED) is 0.235. The number of ketones is 1. The van der Waals surface area contributed by atoms with Crippen LogP contribution in [0.15, 0.2) is 23.5 Å². The van der Waals surface area contributed by atoms with Crippen molar-refractivity contribution in [2.45, 2.75) is 171 Å². The van der Waals surface area contributed by atoms with E-state index >= 15 is 0 Å². The Morgan fingerprint density at radius 3 is 2.21 bits per heavy atom. The molecule has 4 heteroatoms. The molecule has 3 nitrogen and oxygen atoms in total. The molecule has 6 unspecified atom stereocenters. The van der Waals surface area contributed by atoms with E-state index in [0.29, 0.717) is 12.2 Å². The molecule has 0 saturated heterocycles. The highest BCUT2D eigenvalue weighted by Gasteiger charge is 2.65. The first-order valence-corrected chi connectivity index (χ1v) is 18.7. The highest BCUT2D eigenvalue weighted by molar-refractivity contribution is 8.14. The molecule has 2 saturated carbocycles. The van der Waals surface area contributed by atoms with Gasteiger partial charge in [-0.1, -0.05) is 119 Å². The molecule has 3 rings (SSSR count). The van der Waals surface area contributed by atoms with Crippen LogP contribution in [-0.2, 0) is 9.59 Å². The van der Waals surface area contributed by atoms with Crippen molar-refractivity contribution in [3.8, 4) is 0 Å². The van der Waals surface area contributed by atoms with Gasteiger partial charge in [-0.3, -0.25) is 9.59 Å². The Hall–Kier alpha value is -1.03. The summed E-state index contributed by atoms with van der Waals surface area (Å²) in [5.74, 6) is 0.603. The number of carbonyl (C=O) groups is 2. The number of rotatable bonds is 11. The zero-order valence-corrected chi connectivity index (χ0v) is 30.5. The molecule has 1 N–H and O–H groups in total. The second-order valence-electron chi connectivity index (χ2n) is 16.4. The number of allylic oxidation sites excluding steroid dienone is 3. The fourth-order valence-electron chi connectivity index (χ4n) is 10.1. The summed E-state index contributed by atoms with van der Waals surface area (Å²) in [6.07, 6.45) is 15.8. The number of aliphatic hydroxyl groups is 1. The van der Waals surface area contributed by atoms with E-state index in [2.05, 4.69) is 68.9 Å². The molecule has 0 aliphatic heterocycles. The second kappa shape index (κ2) is 13.8. The maximum atomic E-state index is 13.9. The lowest BCUT2D eigenvalue weighted by Crippen LogP contribution is -2.57. The van der Waals surface area contributed by atoms with Crippen molar-refractivity contribution in [1.29, 1.82) is 0 Å². The summed E-state index contributed by atoms with van der Waals surface area (Å²) < 4.78 is 0. The van der Waals surface area contributed by atoms with Crippen LogP contribution in [0.5, 0.6) is 0 Å². The van der Waals surface area contributed by atoms with Gasteiger partial charge in [0.15, 0.2) is 10.9 Å². The SMILES string of the molecule is C=C(O)C(C)CC(=O)SC1CCC(C)(CCCC)[C@]2(C)CCC3(CCC)CC(=O)C(C(C)C)=C3C2(C)CCCC1(C)CC. The fourth-order valence-corrected chi connectivity index (χ4v) is 11.5. The van der Waals surface area contributed by atoms with Crippen molar-refractivity contribution in [2.75, 3.05) is 0 Å². The van der Waals surface area contributed by atoms with Gasteiger partial charge >= 0.3 is 0 Å². The second-order valence-corrected chi connectivity index (χ2v) is 17.6. The van der Waals surface area contributed by atoms with E-state index in [1.165, 1.54) is 31.3 Å². The summed E-state index contributed by atoms with van der Waals surface area (Å²) in [7, 11) is 0. The van der Waals surface area contributed by atoms with Crippen molar-refractivity contribution in [2.24, 2.45) is 38.9 Å². The third kappa shape index (κ3) is 6.62. The first kappa shape index (κ1) is 36.4. The Bertz CT molecular complexity index is 1070. The minimum absolute atomic E-state index is 0.0178. The molecule has 3 aliphatic carbocycles. The largest absolute Gasteiger partial charge is 0.513 e. The van der Waals surface area contributed by atoms with Gasteiger partial charge in [-0.2, -0.15) is 0 Å². The minimum Gasteiger partial charge on any atom is -0.513 e. The number of hydrogen-bond donors (Lipinski definition) is 1. The zero-order valence-electron chi connectivity index (χ0n) is 29.7. The summed E-state index contributed by atoms with van der Waals surface area (Å²) in [5, 5.41) is 10.3. The molecular weight excluding hydrogens is 548 g/mol. The monoisotopic (exact) mass is 614 g/mol. The van der Waals surface area contributed by atoms with Crippen LogP contribution in [-0.4, -0.2) is 21.3 Å². The van der Waals surface area contributed by atoms with Gasteiger partial charge in [0.1, 0.15) is 0 Å². The van der Waals surface area contributed by atoms with Crippen LogP contribution in [0.4, 0.5) is 0 Å². The van der Waals surface area contributed by atoms with Gasteiger partial charge in [0.2, 0.25) is 0 Å². The first-order valence-electron chi connectivity index (χ1n) is 17.9. The number of aliphatic hydroxyl groups excluding tert-OH is 1. The van der Waals surface area contributed by atoms with Crippen molar-refractivity contribution >= 4 is 22.7 Å². The molecule has 0 bridgehead atoms. The van der Waals surface area contributed by atoms with Gasteiger partial charge < -0.3 is 5.11 Å². The lowest BCUT2D eigenvalue weighted by molar-refractivity contribution is -0.119. The molecule has 0 amide bonds. The van der Waals surface area contributed by atoms with E-state index < -0.39 is 0 Å². The topological polar surface area (TPSA) is 54.4 Å². The summed E-state index contributed by atoms with van der Waals surface area (Å²) in [6.45, 7) is 27.3. The normalized spacial score (nSPS) is 37.7. The van der Waals surface area contributed by atoms with Crippen LogP contribution in [0.25, 0.3) is 0 Å². The van der Waals surface area contributed by atoms with Crippen LogP contribution >= 0.6 is 11.8 Å². The van der Waals surface area contributed by atoms with Crippen LogP contribution < -0.4 is 0 Å². The molecule has 246 valence electrons. The Labute approximate surface area is 269 Å². The maximum absolute atomic E-state index is 13.9. The van der Waals surface area contributed by atoms with Gasteiger partial charge in [-0.05, 0) is 96.4 Å². The van der Waals surface area contributed by atoms with E-state index in [-0.39, 0.29) is 55.0 Å². The molecule has 0 aromatic carbocycles. The number of carbonyl (C=O) groups excluding carboxylic acids is 2. The molecular formula is C39H66O3S. The number of Topliss-reactive ketones (excluding diaryl/α,β-unsaturated/α-hetero) is 1. The van der Waals surface area contributed by atoms with Crippen LogP contribution in [0.1, 0.15) is 166 Å². The molecule has 0 aromatic heterocycles. The lowest BCUT2D eigenvalue weighted by atomic mass is 9.39. The smallest absolute Gasteiger partial charge is 0.189 e. The van der Waals surface area contributed by atoms with Crippen molar-refractivity contribution in [1.82, 2.24) is 0 Å². The molecule has 0 heterocycles. The van der Waals surface area contributed by atoms with E-state index in [1.54, 1.807) is 17.3 Å². The molecule has 3 aliphatic rings. The standard InChI is InChI=1S/C39H66O3S/c1-12-15-20-36(9)22-17-31(43-32(42)25-28(6)29(7)40)35(8,14-3)19-16-21-37(10)34-33(27(4)5)30(41)26-39(34,18-13-2)24-23-38(36,37)11/h27-28,31,40H,7,12-26H2,1-6,8-11H3/t28?,31?,35?,36?,37?,38-,39?/m0/s1. The Balaban J connectivity index is 2.16. The Morgan fingerprint density at radius 2 is 1.65 bits per heavy atom. The Morgan fingerprint density at radius 1 is 0.977 bits per heavy atom. The van der Waals surface area contributed by atoms with E-state index in [9.17, 15) is 14.7 Å². The third-order valence-electron chi connectivity index (χ3n) is 13.5. The van der Waals surface area contributed by atoms with Gasteiger partial charge in [0.25, 0.3) is 0 Å². The predicted molar refractivity (Wildman–Crippen MR) is 185 cm³/mol. The summed E-state index contributed by atoms with van der Waals surface area (Å²) in [6, 6.07) is 0. The molecule has 43 heavy (non-hydrogen) atoms. The third-order valence-corrected chi connectivity index (χ3v) is 15.0. The Kier molecular flexibility index (Phi) is 11.7. The average Bonchev–Trinajstić information content (AvgIpc) is 3.24. The number of fused-ring (bicyclic) bond motifs is 3. The minimum atomic E-state index is -0.204. The van der Waals surface area contributed by atoms with Crippen LogP contribution in [0, 0.1) is 38.9 Å². The van der Waals surface area contributed by atoms with Crippen LogP contribution in [0.2, 0.25) is 0 Å². The van der Waals surface area contributed by atoms with Crippen molar-refractivity contribution in [3.63, 3.8) is 0 Å². The van der Waals surface area contributed by atoms with E-state index in [4.69, 9.17) is 0 Å². The van der Waals surface area contributed by atoms with Gasteiger partial charge in [-0.25, -0.2) is 0 Å². The molecule has 0 radical (unpaired) electrons. The summed E-state index contributed by atoms with van der Waals surface area (Å²) >= 11 is 1.57. The lowest BCUT2D eigenvalue weighted by Gasteiger charge is -2.65. The number of unbranched alkanes of at least 4 members (excludes halogenated alkanes) is 1. The number of hydrogen-bond acceptors (Lipinski definition) is 4. The maximum Gasteiger partial charge on any atom is 0.189 e. The first-order chi connectivity index (χ1) is 20.0. The summed E-state index contributed by atoms with van der Waals surface area (Å²) in [5.41, 5.74) is 3.04. The van der Waals surface area contributed by atoms with Crippen LogP contribution in [0.3, 0.4) is 0 Å². The van der Waals surface area contributed by atoms with Gasteiger partial charge in [0.05, 0.1) is 5.76 Å². The van der Waals surface area contributed by atoms with E-state index in [1.807, 2.05) is 6.92 Å². The number of thioether (sulfide) groups is 1. The van der Waals surface area contributed by atoms with Crippen molar-refractivity contribution < 1.29 is 14.7 Å². The summed E-state index contributed by atoms with van der Waals surface area (Å²) in [4.78, 5) is 27.3. The fraction of sp³-hybridized carbons (Fsp3) is 0.846. The highest BCUT2D eigenvalue weighted by Crippen LogP contribution is 2.73. The zero-order chi connectivity index (χ0) is 32.4.